The molecule has 7 heteroatoms. The molecule has 0 aliphatic carbocycles. The quantitative estimate of drug-likeness (QED) is 0.424. The fraction of sp³-hybridized carbons (Fsp3) is 0.118. The third-order valence-corrected chi connectivity index (χ3v) is 3.53. The predicted octanol–water partition coefficient (Wildman–Crippen LogP) is 2.23. The highest BCUT2D eigenvalue weighted by Gasteiger charge is 2.15. The van der Waals surface area contributed by atoms with Gasteiger partial charge < -0.3 is 9.26 Å². The first kappa shape index (κ1) is 15.7. The minimum atomic E-state index is -0.407. The zero-order chi connectivity index (χ0) is 16.9. The molecule has 0 fully saturated rings. The maximum Gasteiger partial charge on any atom is 0.266 e. The lowest BCUT2D eigenvalue weighted by atomic mass is 10.1. The lowest BCUT2D eigenvalue weighted by Crippen LogP contribution is -2.29. The molecule has 0 saturated carbocycles. The summed E-state index contributed by atoms with van der Waals surface area (Å²) in [6, 6.07) is 12.9. The van der Waals surface area contributed by atoms with E-state index in [1.807, 2.05) is 42.7 Å². The normalized spacial score (nSPS) is 10.4. The van der Waals surface area contributed by atoms with Crippen molar-refractivity contribution in [2.24, 2.45) is 5.84 Å². The highest BCUT2D eigenvalue weighted by molar-refractivity contribution is 5.93. The molecule has 3 rings (SSSR count). The van der Waals surface area contributed by atoms with Gasteiger partial charge in [-0.1, -0.05) is 35.5 Å². The van der Waals surface area contributed by atoms with E-state index >= 15 is 0 Å². The van der Waals surface area contributed by atoms with E-state index in [1.165, 1.54) is 6.20 Å². The van der Waals surface area contributed by atoms with Gasteiger partial charge in [-0.25, -0.2) is 10.8 Å². The molecule has 1 aromatic carbocycles. The van der Waals surface area contributed by atoms with Crippen LogP contribution in [-0.2, 0) is 6.61 Å². The van der Waals surface area contributed by atoms with E-state index in [1.54, 1.807) is 12.1 Å². The number of hydrogen-bond donors (Lipinski definition) is 2. The molecule has 0 saturated heterocycles. The smallest absolute Gasteiger partial charge is 0.266 e. The van der Waals surface area contributed by atoms with Crippen LogP contribution in [0.5, 0.6) is 5.88 Å². The molecule has 2 aromatic heterocycles. The maximum absolute atomic E-state index is 11.4. The number of nitrogens with zero attached hydrogens (tertiary/aromatic N) is 2. The summed E-state index contributed by atoms with van der Waals surface area (Å²) in [5.41, 5.74) is 4.96. The standard InChI is InChI=1S/C17H16N4O3/c1-11-14(16(21-24-11)12-5-3-2-4-6-12)10-23-15-8-7-13(9-19-15)17(22)20-18/h2-9H,10,18H2,1H3,(H,20,22). The summed E-state index contributed by atoms with van der Waals surface area (Å²) in [6.07, 6.45) is 1.40. The number of carbonyl (C=O) groups excluding carboxylic acids is 1. The highest BCUT2D eigenvalue weighted by Crippen LogP contribution is 2.26. The Bertz CT molecular complexity index is 829. The van der Waals surface area contributed by atoms with Gasteiger partial charge in [0.15, 0.2) is 0 Å². The number of rotatable bonds is 5. The fourth-order valence-corrected chi connectivity index (χ4v) is 2.21. The van der Waals surface area contributed by atoms with Gasteiger partial charge in [-0.15, -0.1) is 0 Å². The molecule has 7 nitrogen and oxygen atoms in total. The summed E-state index contributed by atoms with van der Waals surface area (Å²) in [5.74, 6) is 5.75. The number of nitrogen functional groups attached to an aromatic ring is 1. The number of nitrogens with two attached hydrogens (primary N) is 1. The Hall–Kier alpha value is -3.19. The second-order valence-electron chi connectivity index (χ2n) is 5.08. The van der Waals surface area contributed by atoms with Crippen molar-refractivity contribution >= 4 is 5.91 Å². The number of amides is 1. The molecular formula is C17H16N4O3. The maximum atomic E-state index is 11.4. The first-order valence-corrected chi connectivity index (χ1v) is 7.29. The van der Waals surface area contributed by atoms with Gasteiger partial charge in [0.2, 0.25) is 5.88 Å². The van der Waals surface area contributed by atoms with Crippen LogP contribution in [0.3, 0.4) is 0 Å². The second-order valence-corrected chi connectivity index (χ2v) is 5.08. The Balaban J connectivity index is 1.76. The largest absolute Gasteiger partial charge is 0.473 e. The minimum Gasteiger partial charge on any atom is -0.473 e. The lowest BCUT2D eigenvalue weighted by molar-refractivity contribution is 0.0953. The summed E-state index contributed by atoms with van der Waals surface area (Å²) >= 11 is 0. The number of hydrazine groups is 1. The third-order valence-electron chi connectivity index (χ3n) is 3.53. The molecule has 0 unspecified atom stereocenters. The van der Waals surface area contributed by atoms with Crippen LogP contribution < -0.4 is 16.0 Å². The Morgan fingerprint density at radius 3 is 2.71 bits per heavy atom. The SMILES string of the molecule is Cc1onc(-c2ccccc2)c1COc1ccc(C(=O)NN)cn1. The van der Waals surface area contributed by atoms with E-state index in [0.29, 0.717) is 17.2 Å². The number of aromatic nitrogens is 2. The summed E-state index contributed by atoms with van der Waals surface area (Å²) in [7, 11) is 0. The fourth-order valence-electron chi connectivity index (χ4n) is 2.21. The number of carbonyl (C=O) groups is 1. The van der Waals surface area contributed by atoms with E-state index in [9.17, 15) is 4.79 Å². The molecule has 3 N–H and O–H groups in total. The van der Waals surface area contributed by atoms with Gasteiger partial charge in [0.05, 0.1) is 11.1 Å². The van der Waals surface area contributed by atoms with Crippen molar-refractivity contribution in [3.05, 3.63) is 65.5 Å². The molecule has 0 aliphatic rings. The van der Waals surface area contributed by atoms with Gasteiger partial charge in [0.25, 0.3) is 5.91 Å². The van der Waals surface area contributed by atoms with Gasteiger partial charge in [0.1, 0.15) is 18.1 Å². The first-order valence-electron chi connectivity index (χ1n) is 7.29. The molecular weight excluding hydrogens is 308 g/mol. The molecule has 2 heterocycles. The van der Waals surface area contributed by atoms with Crippen molar-refractivity contribution in [2.45, 2.75) is 13.5 Å². The molecule has 1 amide bonds. The first-order chi connectivity index (χ1) is 11.7. The van der Waals surface area contributed by atoms with E-state index < -0.39 is 5.91 Å². The zero-order valence-corrected chi connectivity index (χ0v) is 13.0. The van der Waals surface area contributed by atoms with Gasteiger partial charge in [-0.05, 0) is 13.0 Å². The third kappa shape index (κ3) is 3.26. The van der Waals surface area contributed by atoms with E-state index in [2.05, 4.69) is 10.1 Å². The number of ether oxygens (including phenoxy) is 1. The summed E-state index contributed by atoms with van der Waals surface area (Å²) < 4.78 is 11.0. The van der Waals surface area contributed by atoms with Gasteiger partial charge >= 0.3 is 0 Å². The number of hydrogen-bond acceptors (Lipinski definition) is 6. The van der Waals surface area contributed by atoms with Crippen LogP contribution in [0.4, 0.5) is 0 Å². The van der Waals surface area contributed by atoms with E-state index in [4.69, 9.17) is 15.1 Å². The van der Waals surface area contributed by atoms with Crippen LogP contribution in [0.25, 0.3) is 11.3 Å². The number of pyridine rings is 1. The van der Waals surface area contributed by atoms with Crippen LogP contribution in [0.2, 0.25) is 0 Å². The van der Waals surface area contributed by atoms with Crippen molar-refractivity contribution in [3.8, 4) is 17.1 Å². The molecule has 0 bridgehead atoms. The lowest BCUT2D eigenvalue weighted by Gasteiger charge is -2.06. The average molecular weight is 324 g/mol. The van der Waals surface area contributed by atoms with Crippen LogP contribution in [-0.4, -0.2) is 16.0 Å². The molecule has 0 aliphatic heterocycles. The number of nitrogens with one attached hydrogen (secondary N) is 1. The Kier molecular flexibility index (Phi) is 4.53. The van der Waals surface area contributed by atoms with Crippen molar-refractivity contribution in [2.75, 3.05) is 0 Å². The Morgan fingerprint density at radius 1 is 1.25 bits per heavy atom. The van der Waals surface area contributed by atoms with Crippen LogP contribution in [0.1, 0.15) is 21.7 Å². The summed E-state index contributed by atoms with van der Waals surface area (Å²) in [6.45, 7) is 2.09. The zero-order valence-electron chi connectivity index (χ0n) is 13.0. The van der Waals surface area contributed by atoms with Gasteiger partial charge in [-0.2, -0.15) is 0 Å². The van der Waals surface area contributed by atoms with Gasteiger partial charge in [0, 0.05) is 17.8 Å². The van der Waals surface area contributed by atoms with Crippen molar-refractivity contribution in [3.63, 3.8) is 0 Å². The summed E-state index contributed by atoms with van der Waals surface area (Å²) in [4.78, 5) is 15.5. The van der Waals surface area contributed by atoms with Crippen molar-refractivity contribution in [1.82, 2.24) is 15.6 Å². The second kappa shape index (κ2) is 6.93. The van der Waals surface area contributed by atoms with Crippen LogP contribution in [0.15, 0.2) is 53.2 Å². The molecule has 0 spiro atoms. The summed E-state index contributed by atoms with van der Waals surface area (Å²) in [5, 5.41) is 4.10. The molecule has 3 aromatic rings. The van der Waals surface area contributed by atoms with Crippen LogP contribution in [0, 0.1) is 6.92 Å². The monoisotopic (exact) mass is 324 g/mol. The van der Waals surface area contributed by atoms with E-state index in [-0.39, 0.29) is 6.61 Å². The Labute approximate surface area is 138 Å². The minimum absolute atomic E-state index is 0.259. The average Bonchev–Trinajstić information content (AvgIpc) is 3.01. The van der Waals surface area contributed by atoms with Gasteiger partial charge in [-0.3, -0.25) is 10.2 Å². The number of aryl methyl sites for hydroxylation is 1. The van der Waals surface area contributed by atoms with Crippen molar-refractivity contribution < 1.29 is 14.1 Å². The Morgan fingerprint density at radius 2 is 2.04 bits per heavy atom. The highest BCUT2D eigenvalue weighted by atomic mass is 16.5. The topological polar surface area (TPSA) is 103 Å². The molecule has 122 valence electrons. The van der Waals surface area contributed by atoms with Crippen LogP contribution >= 0.6 is 0 Å². The van der Waals surface area contributed by atoms with Crippen molar-refractivity contribution in [1.29, 1.82) is 0 Å². The predicted molar refractivity (Wildman–Crippen MR) is 86.9 cm³/mol. The molecule has 0 radical (unpaired) electrons. The van der Waals surface area contributed by atoms with E-state index in [0.717, 1.165) is 16.8 Å². The molecule has 0 atom stereocenters. The molecule has 24 heavy (non-hydrogen) atoms. The number of benzene rings is 1.